The Kier molecular flexibility index (Phi) is 2.73. The van der Waals surface area contributed by atoms with Gasteiger partial charge in [-0.05, 0) is 37.1 Å². The van der Waals surface area contributed by atoms with Gasteiger partial charge in [-0.1, -0.05) is 6.07 Å². The number of carbonyl (C=O) groups is 1. The van der Waals surface area contributed by atoms with Crippen LogP contribution in [0.4, 0.5) is 5.69 Å². The Morgan fingerprint density at radius 1 is 1.33 bits per heavy atom. The summed E-state index contributed by atoms with van der Waals surface area (Å²) in [6.45, 7) is 5.72. The highest BCUT2D eigenvalue weighted by atomic mass is 16.2. The normalized spacial score (nSPS) is 15.9. The minimum Gasteiger partial charge on any atom is -0.326 e. The van der Waals surface area contributed by atoms with Gasteiger partial charge in [0.2, 0.25) is 5.91 Å². The van der Waals surface area contributed by atoms with Gasteiger partial charge in [0.1, 0.15) is 0 Å². The van der Waals surface area contributed by atoms with Crippen molar-refractivity contribution in [3.8, 4) is 0 Å². The van der Waals surface area contributed by atoms with Crippen LogP contribution in [-0.2, 0) is 4.79 Å². The molecule has 1 aliphatic heterocycles. The van der Waals surface area contributed by atoms with Crippen LogP contribution in [0.3, 0.4) is 0 Å². The largest absolute Gasteiger partial charge is 0.326 e. The summed E-state index contributed by atoms with van der Waals surface area (Å²) >= 11 is 0. The molecular weight excluding hydrogens is 188 g/mol. The fourth-order valence-electron chi connectivity index (χ4n) is 1.54. The van der Waals surface area contributed by atoms with E-state index < -0.39 is 0 Å². The number of benzene rings is 1. The molecule has 15 heavy (non-hydrogen) atoms. The highest BCUT2D eigenvalue weighted by Gasteiger charge is 2.24. The van der Waals surface area contributed by atoms with Crippen LogP contribution in [0, 0.1) is 19.8 Å². The van der Waals surface area contributed by atoms with E-state index in [9.17, 15) is 4.79 Å². The Morgan fingerprint density at radius 3 is 2.60 bits per heavy atom. The Balaban J connectivity index is 2.03. The molecule has 1 amide bonds. The maximum Gasteiger partial charge on any atom is 0.230 e. The third kappa shape index (κ3) is 2.18. The van der Waals surface area contributed by atoms with E-state index in [0.29, 0.717) is 0 Å². The second-order valence-electron chi connectivity index (χ2n) is 4.14. The Hall–Kier alpha value is -1.35. The maximum atomic E-state index is 11.6. The molecule has 0 radical (unpaired) electrons. The van der Waals surface area contributed by atoms with Crippen LogP contribution in [0.5, 0.6) is 0 Å². The van der Waals surface area contributed by atoms with Crippen molar-refractivity contribution in [1.29, 1.82) is 0 Å². The zero-order chi connectivity index (χ0) is 10.8. The number of anilines is 1. The zero-order valence-corrected chi connectivity index (χ0v) is 9.13. The molecule has 0 aliphatic carbocycles. The van der Waals surface area contributed by atoms with E-state index in [1.165, 1.54) is 11.1 Å². The van der Waals surface area contributed by atoms with Crippen molar-refractivity contribution in [2.24, 2.45) is 5.92 Å². The van der Waals surface area contributed by atoms with Crippen LogP contribution in [0.1, 0.15) is 11.1 Å². The number of hydrogen-bond donors (Lipinski definition) is 2. The number of aryl methyl sites for hydroxylation is 2. The van der Waals surface area contributed by atoms with Gasteiger partial charge in [0.25, 0.3) is 0 Å². The van der Waals surface area contributed by atoms with Crippen molar-refractivity contribution in [2.75, 3.05) is 18.4 Å². The minimum absolute atomic E-state index is 0.122. The fourth-order valence-corrected chi connectivity index (χ4v) is 1.54. The second kappa shape index (κ2) is 4.03. The first-order chi connectivity index (χ1) is 7.16. The maximum absolute atomic E-state index is 11.6. The van der Waals surface area contributed by atoms with Crippen molar-refractivity contribution in [1.82, 2.24) is 5.32 Å². The first-order valence-corrected chi connectivity index (χ1v) is 5.25. The number of carbonyl (C=O) groups excluding carboxylic acids is 1. The molecule has 80 valence electrons. The molecule has 0 spiro atoms. The van der Waals surface area contributed by atoms with Crippen molar-refractivity contribution in [3.63, 3.8) is 0 Å². The van der Waals surface area contributed by atoms with Gasteiger partial charge < -0.3 is 10.6 Å². The van der Waals surface area contributed by atoms with Gasteiger partial charge in [-0.15, -0.1) is 0 Å². The van der Waals surface area contributed by atoms with Gasteiger partial charge in [0.05, 0.1) is 5.92 Å². The second-order valence-corrected chi connectivity index (χ2v) is 4.14. The smallest absolute Gasteiger partial charge is 0.230 e. The number of nitrogens with one attached hydrogen (secondary N) is 2. The minimum atomic E-state index is 0.122. The SMILES string of the molecule is Cc1ccc(NC(=O)C2CNC2)cc1C. The Morgan fingerprint density at radius 2 is 2.07 bits per heavy atom. The summed E-state index contributed by atoms with van der Waals surface area (Å²) in [6, 6.07) is 6.00. The predicted molar refractivity (Wildman–Crippen MR) is 60.9 cm³/mol. The zero-order valence-electron chi connectivity index (χ0n) is 9.13. The summed E-state index contributed by atoms with van der Waals surface area (Å²) in [5.74, 6) is 0.267. The lowest BCUT2D eigenvalue weighted by atomic mass is 10.0. The molecule has 1 heterocycles. The molecule has 0 bridgehead atoms. The molecule has 1 aliphatic rings. The molecule has 1 aromatic rings. The first kappa shape index (κ1) is 10.2. The highest BCUT2D eigenvalue weighted by Crippen LogP contribution is 2.15. The van der Waals surface area contributed by atoms with E-state index in [-0.39, 0.29) is 11.8 Å². The first-order valence-electron chi connectivity index (χ1n) is 5.25. The Labute approximate surface area is 89.9 Å². The molecule has 2 rings (SSSR count). The summed E-state index contributed by atoms with van der Waals surface area (Å²) in [5.41, 5.74) is 3.35. The van der Waals surface area contributed by atoms with E-state index in [2.05, 4.69) is 24.5 Å². The summed E-state index contributed by atoms with van der Waals surface area (Å²) in [5, 5.41) is 6.02. The van der Waals surface area contributed by atoms with Crippen LogP contribution in [0.25, 0.3) is 0 Å². The van der Waals surface area contributed by atoms with E-state index in [0.717, 1.165) is 18.8 Å². The third-order valence-electron chi connectivity index (χ3n) is 2.93. The Bertz CT molecular complexity index is 383. The standard InChI is InChI=1S/C12H16N2O/c1-8-3-4-11(5-9(8)2)14-12(15)10-6-13-7-10/h3-5,10,13H,6-7H2,1-2H3,(H,14,15). The molecule has 2 N–H and O–H groups in total. The van der Waals surface area contributed by atoms with Crippen LogP contribution in [0.2, 0.25) is 0 Å². The van der Waals surface area contributed by atoms with Crippen molar-refractivity contribution < 1.29 is 4.79 Å². The quantitative estimate of drug-likeness (QED) is 0.765. The average Bonchev–Trinajstić information content (AvgIpc) is 2.08. The highest BCUT2D eigenvalue weighted by molar-refractivity contribution is 5.93. The molecule has 3 nitrogen and oxygen atoms in total. The molecule has 0 saturated carbocycles. The number of rotatable bonds is 2. The van der Waals surface area contributed by atoms with Crippen LogP contribution in [-0.4, -0.2) is 19.0 Å². The average molecular weight is 204 g/mol. The van der Waals surface area contributed by atoms with Crippen LogP contribution >= 0.6 is 0 Å². The lowest BCUT2D eigenvalue weighted by Crippen LogP contribution is -2.48. The van der Waals surface area contributed by atoms with Gasteiger partial charge in [-0.25, -0.2) is 0 Å². The van der Waals surface area contributed by atoms with Crippen molar-refractivity contribution in [2.45, 2.75) is 13.8 Å². The number of amides is 1. The molecule has 1 saturated heterocycles. The lowest BCUT2D eigenvalue weighted by molar-refractivity contribution is -0.121. The van der Waals surface area contributed by atoms with Gasteiger partial charge in [-0.3, -0.25) is 4.79 Å². The summed E-state index contributed by atoms with van der Waals surface area (Å²) < 4.78 is 0. The van der Waals surface area contributed by atoms with Gasteiger partial charge in [-0.2, -0.15) is 0 Å². The lowest BCUT2D eigenvalue weighted by Gasteiger charge is -2.25. The van der Waals surface area contributed by atoms with Crippen LogP contribution < -0.4 is 10.6 Å². The third-order valence-corrected chi connectivity index (χ3v) is 2.93. The van der Waals surface area contributed by atoms with Crippen molar-refractivity contribution in [3.05, 3.63) is 29.3 Å². The van der Waals surface area contributed by atoms with Crippen LogP contribution in [0.15, 0.2) is 18.2 Å². The molecule has 1 aromatic carbocycles. The van der Waals surface area contributed by atoms with Gasteiger partial charge in [0, 0.05) is 18.8 Å². The fraction of sp³-hybridized carbons (Fsp3) is 0.417. The molecule has 0 aromatic heterocycles. The molecule has 1 fully saturated rings. The van der Waals surface area contributed by atoms with Gasteiger partial charge in [0.15, 0.2) is 0 Å². The van der Waals surface area contributed by atoms with Gasteiger partial charge >= 0.3 is 0 Å². The topological polar surface area (TPSA) is 41.1 Å². The summed E-state index contributed by atoms with van der Waals surface area (Å²) in [7, 11) is 0. The van der Waals surface area contributed by atoms with E-state index >= 15 is 0 Å². The summed E-state index contributed by atoms with van der Waals surface area (Å²) in [4.78, 5) is 11.6. The van der Waals surface area contributed by atoms with E-state index in [1.54, 1.807) is 0 Å². The molecular formula is C12H16N2O. The molecule has 0 unspecified atom stereocenters. The summed E-state index contributed by atoms with van der Waals surface area (Å²) in [6.07, 6.45) is 0. The monoisotopic (exact) mass is 204 g/mol. The van der Waals surface area contributed by atoms with E-state index in [4.69, 9.17) is 0 Å². The predicted octanol–water partition coefficient (Wildman–Crippen LogP) is 1.46. The number of hydrogen-bond acceptors (Lipinski definition) is 2. The molecule has 0 atom stereocenters. The van der Waals surface area contributed by atoms with Crippen molar-refractivity contribution >= 4 is 11.6 Å². The molecule has 3 heteroatoms. The van der Waals surface area contributed by atoms with E-state index in [1.807, 2.05) is 18.2 Å².